The van der Waals surface area contributed by atoms with Crippen molar-refractivity contribution in [2.75, 3.05) is 14.1 Å². The molecule has 9 nitrogen and oxygen atoms in total. The Morgan fingerprint density at radius 1 is 1.18 bits per heavy atom. The van der Waals surface area contributed by atoms with Crippen LogP contribution in [0.5, 0.6) is 17.2 Å². The molecule has 0 bridgehead atoms. The van der Waals surface area contributed by atoms with Crippen molar-refractivity contribution in [3.63, 3.8) is 0 Å². The second kappa shape index (κ2) is 7.55. The maximum Gasteiger partial charge on any atom is 0.519 e. The van der Waals surface area contributed by atoms with Crippen LogP contribution in [0.2, 0.25) is 0 Å². The minimum atomic E-state index is -0.992. The topological polar surface area (TPSA) is 108 Å². The molecule has 0 aromatic heterocycles. The number of likely N-dealkylation sites (N-methyl/N-ethyl adjacent to an activating group) is 1. The van der Waals surface area contributed by atoms with Crippen LogP contribution in [0.4, 0.5) is 10.5 Å². The summed E-state index contributed by atoms with van der Waals surface area (Å²) in [5.74, 6) is 1.05. The number of nitrogens with zero attached hydrogens (tertiary/aromatic N) is 2. The molecular weight excluding hydrogens is 428 g/mol. The van der Waals surface area contributed by atoms with Crippen LogP contribution in [-0.2, 0) is 16.6 Å². The monoisotopic (exact) mass is 452 g/mol. The van der Waals surface area contributed by atoms with Crippen molar-refractivity contribution in [1.29, 1.82) is 0 Å². The first kappa shape index (κ1) is 21.4. The van der Waals surface area contributed by atoms with E-state index in [2.05, 4.69) is 25.9 Å². The molecule has 0 amide bonds. The second-order valence-corrected chi connectivity index (χ2v) is 9.26. The molecule has 0 saturated heterocycles. The van der Waals surface area contributed by atoms with Crippen LogP contribution in [0.3, 0.4) is 0 Å². The van der Waals surface area contributed by atoms with E-state index >= 15 is 0 Å². The van der Waals surface area contributed by atoms with E-state index in [0.717, 1.165) is 24.0 Å². The van der Waals surface area contributed by atoms with Crippen molar-refractivity contribution >= 4 is 17.6 Å². The molecule has 0 N–H and O–H groups in total. The summed E-state index contributed by atoms with van der Waals surface area (Å²) in [4.78, 5) is 37.8. The van der Waals surface area contributed by atoms with Crippen LogP contribution >= 0.6 is 0 Å². The Hall–Kier alpha value is -3.46. The molecule has 5 rings (SSSR count). The largest absolute Gasteiger partial charge is 0.519 e. The number of hydrogen-bond donors (Lipinski definition) is 0. The normalized spacial score (nSPS) is 27.0. The molecule has 0 radical (unpaired) electrons. The lowest BCUT2D eigenvalue weighted by molar-refractivity contribution is -0.384. The molecule has 172 valence electrons. The minimum absolute atomic E-state index is 0.0645. The van der Waals surface area contributed by atoms with Gasteiger partial charge in [0.15, 0.2) is 23.4 Å². The Morgan fingerprint density at radius 2 is 1.91 bits per heavy atom. The molecule has 2 aromatic rings. The molecule has 3 aliphatic rings. The first-order valence-electron chi connectivity index (χ1n) is 10.9. The molecule has 2 aromatic carbocycles. The fourth-order valence-corrected chi connectivity index (χ4v) is 5.79. The summed E-state index contributed by atoms with van der Waals surface area (Å²) >= 11 is 0. The third-order valence-electron chi connectivity index (χ3n) is 7.29. The quantitative estimate of drug-likeness (QED) is 0.299. The van der Waals surface area contributed by atoms with Gasteiger partial charge in [0.05, 0.1) is 4.92 Å². The first-order chi connectivity index (χ1) is 15.7. The fourth-order valence-electron chi connectivity index (χ4n) is 5.79. The van der Waals surface area contributed by atoms with Gasteiger partial charge in [-0.2, -0.15) is 0 Å². The van der Waals surface area contributed by atoms with Crippen LogP contribution in [0, 0.1) is 16.0 Å². The zero-order valence-electron chi connectivity index (χ0n) is 18.6. The van der Waals surface area contributed by atoms with Crippen LogP contribution in [0.1, 0.15) is 30.9 Å². The van der Waals surface area contributed by atoms with Crippen molar-refractivity contribution in [2.24, 2.45) is 5.92 Å². The fraction of sp³-hybridized carbons (Fsp3) is 0.417. The molecule has 2 unspecified atom stereocenters. The smallest absolute Gasteiger partial charge is 0.477 e. The summed E-state index contributed by atoms with van der Waals surface area (Å²) in [6.45, 7) is 2.09. The molecule has 9 heteroatoms. The van der Waals surface area contributed by atoms with Crippen molar-refractivity contribution in [3.05, 3.63) is 57.6 Å². The van der Waals surface area contributed by atoms with Crippen molar-refractivity contribution < 1.29 is 28.7 Å². The highest BCUT2D eigenvalue weighted by molar-refractivity contribution is 5.89. The Bertz CT molecular complexity index is 1160. The Labute approximate surface area is 190 Å². The minimum Gasteiger partial charge on any atom is -0.477 e. The van der Waals surface area contributed by atoms with E-state index in [1.807, 2.05) is 6.07 Å². The second-order valence-electron chi connectivity index (χ2n) is 9.26. The standard InChI is InChI=1S/C24H24N2O7/c1-24-16-9-10-18(27)22(24)33-21-19(11-4-13(20(21)24)12-17(16)25(2)3)32-23(28)31-15-7-5-14(6-8-15)26(29)30/h4-8,11,16-17,22H,9-10,12H2,1-3H3/t16?,17-,22?,24+/m1/s1. The van der Waals surface area contributed by atoms with E-state index < -0.39 is 22.6 Å². The number of ketones is 1. The number of carbonyl (C=O) groups excluding carboxylic acids is 2. The number of non-ortho nitro benzene ring substituents is 1. The Balaban J connectivity index is 1.45. The summed E-state index contributed by atoms with van der Waals surface area (Å²) in [6.07, 6.45) is 0.492. The molecule has 1 aliphatic heterocycles. The number of benzene rings is 2. The maximum atomic E-state index is 12.8. The lowest BCUT2D eigenvalue weighted by atomic mass is 9.55. The third-order valence-corrected chi connectivity index (χ3v) is 7.29. The highest BCUT2D eigenvalue weighted by atomic mass is 16.7. The molecule has 1 fully saturated rings. The summed E-state index contributed by atoms with van der Waals surface area (Å²) in [5.41, 5.74) is 1.44. The summed E-state index contributed by atoms with van der Waals surface area (Å²) < 4.78 is 16.8. The molecule has 1 heterocycles. The van der Waals surface area contributed by atoms with Gasteiger partial charge in [-0.05, 0) is 56.6 Å². The van der Waals surface area contributed by atoms with Crippen molar-refractivity contribution in [1.82, 2.24) is 4.90 Å². The number of rotatable bonds is 4. The van der Waals surface area contributed by atoms with E-state index in [1.165, 1.54) is 24.3 Å². The van der Waals surface area contributed by atoms with Crippen molar-refractivity contribution in [2.45, 2.75) is 43.7 Å². The lowest BCUT2D eigenvalue weighted by Gasteiger charge is -2.50. The zero-order valence-corrected chi connectivity index (χ0v) is 18.6. The van der Waals surface area contributed by atoms with E-state index in [0.29, 0.717) is 12.2 Å². The van der Waals surface area contributed by atoms with Gasteiger partial charge in [-0.1, -0.05) is 13.0 Å². The number of Topliss-reactive ketones (excluding diaryl/α,β-unsaturated/α-hetero) is 1. The van der Waals surface area contributed by atoms with Gasteiger partial charge in [0.25, 0.3) is 5.69 Å². The zero-order chi connectivity index (χ0) is 23.5. The molecule has 33 heavy (non-hydrogen) atoms. The Morgan fingerprint density at radius 3 is 2.58 bits per heavy atom. The molecule has 0 spiro atoms. The van der Waals surface area contributed by atoms with E-state index in [4.69, 9.17) is 14.2 Å². The third kappa shape index (κ3) is 3.26. The Kier molecular flexibility index (Phi) is 4.89. The molecular formula is C24H24N2O7. The highest BCUT2D eigenvalue weighted by Crippen LogP contribution is 2.59. The van der Waals surface area contributed by atoms with Gasteiger partial charge in [-0.3, -0.25) is 14.9 Å². The van der Waals surface area contributed by atoms with Crippen molar-refractivity contribution in [3.8, 4) is 17.2 Å². The predicted molar refractivity (Wildman–Crippen MR) is 117 cm³/mol. The SMILES string of the molecule is CN(C)[C@@H]1Cc2ccc(OC(=O)Oc3ccc([N+](=O)[O-])cc3)c3c2[C@@]2(C)C(O3)C(=O)CCC12. The lowest BCUT2D eigenvalue weighted by Crippen LogP contribution is -2.59. The number of nitro groups is 1. The van der Waals surface area contributed by atoms with Gasteiger partial charge in [0, 0.05) is 35.6 Å². The predicted octanol–water partition coefficient (Wildman–Crippen LogP) is 3.66. The van der Waals surface area contributed by atoms with Crippen LogP contribution in [0.15, 0.2) is 36.4 Å². The molecule has 2 aliphatic carbocycles. The van der Waals surface area contributed by atoms with Gasteiger partial charge in [0.1, 0.15) is 5.75 Å². The average molecular weight is 452 g/mol. The number of ether oxygens (including phenoxy) is 3. The number of carbonyl (C=O) groups is 2. The van der Waals surface area contributed by atoms with E-state index in [1.54, 1.807) is 6.07 Å². The van der Waals surface area contributed by atoms with Gasteiger partial charge in [0.2, 0.25) is 0 Å². The van der Waals surface area contributed by atoms with Crippen LogP contribution < -0.4 is 14.2 Å². The van der Waals surface area contributed by atoms with E-state index in [-0.39, 0.29) is 34.9 Å². The van der Waals surface area contributed by atoms with Gasteiger partial charge < -0.3 is 19.1 Å². The highest BCUT2D eigenvalue weighted by Gasteiger charge is 2.61. The van der Waals surface area contributed by atoms with Gasteiger partial charge in [-0.25, -0.2) is 4.79 Å². The van der Waals surface area contributed by atoms with Gasteiger partial charge in [-0.15, -0.1) is 0 Å². The first-order valence-corrected chi connectivity index (χ1v) is 10.9. The van der Waals surface area contributed by atoms with E-state index in [9.17, 15) is 19.7 Å². The summed E-state index contributed by atoms with van der Waals surface area (Å²) in [7, 11) is 4.12. The average Bonchev–Trinajstić information content (AvgIpc) is 3.10. The van der Waals surface area contributed by atoms with Crippen LogP contribution in [0.25, 0.3) is 0 Å². The molecule has 4 atom stereocenters. The number of hydrogen-bond acceptors (Lipinski definition) is 8. The van der Waals surface area contributed by atoms with Crippen LogP contribution in [-0.4, -0.2) is 48.0 Å². The van der Waals surface area contributed by atoms with Gasteiger partial charge >= 0.3 is 6.16 Å². The summed E-state index contributed by atoms with van der Waals surface area (Å²) in [5, 5.41) is 10.8. The molecule has 1 saturated carbocycles. The summed E-state index contributed by atoms with van der Waals surface area (Å²) in [6, 6.07) is 9.00. The number of nitro benzene ring substituents is 1. The maximum absolute atomic E-state index is 12.8.